The van der Waals surface area contributed by atoms with E-state index in [0.29, 0.717) is 13.1 Å². The van der Waals surface area contributed by atoms with Gasteiger partial charge in [0.2, 0.25) is 0 Å². The second-order valence-electron chi connectivity index (χ2n) is 6.83. The molecule has 5 nitrogen and oxygen atoms in total. The summed E-state index contributed by atoms with van der Waals surface area (Å²) in [5, 5.41) is 0. The molecule has 1 saturated heterocycles. The number of hydrogen-bond donors (Lipinski definition) is 0. The zero-order valence-corrected chi connectivity index (χ0v) is 15.0. The van der Waals surface area contributed by atoms with Crippen LogP contribution in [0.1, 0.15) is 41.9 Å². The van der Waals surface area contributed by atoms with E-state index in [1.165, 1.54) is 6.07 Å². The van der Waals surface area contributed by atoms with Crippen molar-refractivity contribution in [1.82, 2.24) is 19.4 Å². The van der Waals surface area contributed by atoms with E-state index in [1.54, 1.807) is 11.1 Å². The fraction of sp³-hybridized carbons (Fsp3) is 0.350. The number of rotatable bonds is 4. The SMILES string of the molecule is CCCn1c([C@H]2CCN(C(=O)c3ccc(F)c(F)c3)C2)nc2cccnc21. The molecule has 140 valence electrons. The summed E-state index contributed by atoms with van der Waals surface area (Å²) >= 11 is 0. The van der Waals surface area contributed by atoms with Crippen LogP contribution in [-0.2, 0) is 6.54 Å². The molecular weight excluding hydrogens is 350 g/mol. The predicted octanol–water partition coefficient (Wildman–Crippen LogP) is 3.75. The molecule has 1 fully saturated rings. The van der Waals surface area contributed by atoms with Gasteiger partial charge < -0.3 is 9.47 Å². The molecule has 3 heterocycles. The predicted molar refractivity (Wildman–Crippen MR) is 97.4 cm³/mol. The first-order valence-electron chi connectivity index (χ1n) is 9.14. The molecule has 0 radical (unpaired) electrons. The van der Waals surface area contributed by atoms with E-state index in [2.05, 4.69) is 16.5 Å². The number of fused-ring (bicyclic) bond motifs is 1. The summed E-state index contributed by atoms with van der Waals surface area (Å²) in [6.07, 6.45) is 3.50. The first-order chi connectivity index (χ1) is 13.1. The van der Waals surface area contributed by atoms with Gasteiger partial charge in [-0.3, -0.25) is 4.79 Å². The molecule has 0 saturated carbocycles. The third-order valence-electron chi connectivity index (χ3n) is 4.99. The molecule has 1 aliphatic rings. The maximum Gasteiger partial charge on any atom is 0.253 e. The van der Waals surface area contributed by atoms with Gasteiger partial charge in [-0.05, 0) is 43.2 Å². The summed E-state index contributed by atoms with van der Waals surface area (Å²) in [6.45, 7) is 3.98. The van der Waals surface area contributed by atoms with Crippen LogP contribution in [0.5, 0.6) is 0 Å². The lowest BCUT2D eigenvalue weighted by molar-refractivity contribution is 0.0790. The highest BCUT2D eigenvalue weighted by atomic mass is 19.2. The Bertz CT molecular complexity index is 1000. The third-order valence-corrected chi connectivity index (χ3v) is 4.99. The van der Waals surface area contributed by atoms with E-state index >= 15 is 0 Å². The summed E-state index contributed by atoms with van der Waals surface area (Å²) in [5.74, 6) is -1.21. The number of likely N-dealkylation sites (tertiary alicyclic amines) is 1. The molecule has 0 unspecified atom stereocenters. The Morgan fingerprint density at radius 2 is 2.11 bits per heavy atom. The zero-order valence-electron chi connectivity index (χ0n) is 15.0. The van der Waals surface area contributed by atoms with Crippen molar-refractivity contribution in [3.05, 3.63) is 59.6 Å². The van der Waals surface area contributed by atoms with Crippen LogP contribution in [0.3, 0.4) is 0 Å². The Hall–Kier alpha value is -2.83. The monoisotopic (exact) mass is 370 g/mol. The highest BCUT2D eigenvalue weighted by molar-refractivity contribution is 5.94. The number of nitrogens with zero attached hydrogens (tertiary/aromatic N) is 4. The average molecular weight is 370 g/mol. The summed E-state index contributed by atoms with van der Waals surface area (Å²) in [5.41, 5.74) is 1.88. The van der Waals surface area contributed by atoms with Crippen molar-refractivity contribution in [2.75, 3.05) is 13.1 Å². The van der Waals surface area contributed by atoms with E-state index in [0.717, 1.165) is 48.5 Å². The molecule has 0 N–H and O–H groups in total. The van der Waals surface area contributed by atoms with Crippen LogP contribution < -0.4 is 0 Å². The molecule has 4 rings (SSSR count). The van der Waals surface area contributed by atoms with Crippen molar-refractivity contribution in [1.29, 1.82) is 0 Å². The average Bonchev–Trinajstić information content (AvgIpc) is 3.29. The van der Waals surface area contributed by atoms with E-state index in [9.17, 15) is 13.6 Å². The number of carbonyl (C=O) groups is 1. The Morgan fingerprint density at radius 1 is 1.26 bits per heavy atom. The van der Waals surface area contributed by atoms with Gasteiger partial charge in [-0.15, -0.1) is 0 Å². The normalized spacial score (nSPS) is 17.0. The van der Waals surface area contributed by atoms with Crippen LogP contribution >= 0.6 is 0 Å². The van der Waals surface area contributed by atoms with Crippen molar-refractivity contribution in [2.24, 2.45) is 0 Å². The van der Waals surface area contributed by atoms with Crippen LogP contribution in [-0.4, -0.2) is 38.4 Å². The van der Waals surface area contributed by atoms with Crippen LogP contribution in [0, 0.1) is 11.6 Å². The quantitative estimate of drug-likeness (QED) is 0.703. The number of halogens is 2. The number of aromatic nitrogens is 3. The van der Waals surface area contributed by atoms with Crippen molar-refractivity contribution in [3.63, 3.8) is 0 Å². The number of pyridine rings is 1. The first kappa shape index (κ1) is 17.6. The molecular formula is C20H20F2N4O. The fourth-order valence-electron chi connectivity index (χ4n) is 3.70. The lowest BCUT2D eigenvalue weighted by atomic mass is 10.1. The van der Waals surface area contributed by atoms with E-state index in [-0.39, 0.29) is 17.4 Å². The molecule has 0 bridgehead atoms. The number of imidazole rings is 1. The smallest absolute Gasteiger partial charge is 0.253 e. The first-order valence-corrected chi connectivity index (χ1v) is 9.14. The summed E-state index contributed by atoms with van der Waals surface area (Å²) in [4.78, 5) is 23.6. The second-order valence-corrected chi connectivity index (χ2v) is 6.83. The molecule has 7 heteroatoms. The maximum absolute atomic E-state index is 13.5. The zero-order chi connectivity index (χ0) is 19.0. The minimum Gasteiger partial charge on any atom is -0.338 e. The molecule has 1 aromatic carbocycles. The topological polar surface area (TPSA) is 51.0 Å². The molecule has 1 amide bonds. The van der Waals surface area contributed by atoms with Gasteiger partial charge in [-0.25, -0.2) is 18.7 Å². The molecule has 1 aliphatic heterocycles. The van der Waals surface area contributed by atoms with Gasteiger partial charge in [-0.1, -0.05) is 6.92 Å². The number of carbonyl (C=O) groups excluding carboxylic acids is 1. The van der Waals surface area contributed by atoms with Crippen molar-refractivity contribution in [2.45, 2.75) is 32.2 Å². The van der Waals surface area contributed by atoms with Crippen molar-refractivity contribution < 1.29 is 13.6 Å². The van der Waals surface area contributed by atoms with Gasteiger partial charge in [0.25, 0.3) is 5.91 Å². The van der Waals surface area contributed by atoms with Crippen molar-refractivity contribution in [3.8, 4) is 0 Å². The van der Waals surface area contributed by atoms with E-state index in [1.807, 2.05) is 12.1 Å². The number of amides is 1. The molecule has 0 aliphatic carbocycles. The van der Waals surface area contributed by atoms with Gasteiger partial charge in [0.15, 0.2) is 17.3 Å². The molecule has 2 aromatic heterocycles. The van der Waals surface area contributed by atoms with Gasteiger partial charge in [0.05, 0.1) is 0 Å². The lowest BCUT2D eigenvalue weighted by Gasteiger charge is -2.17. The van der Waals surface area contributed by atoms with Gasteiger partial charge in [0, 0.05) is 37.3 Å². The Kier molecular flexibility index (Phi) is 4.59. The largest absolute Gasteiger partial charge is 0.338 e. The summed E-state index contributed by atoms with van der Waals surface area (Å²) in [6, 6.07) is 7.08. The van der Waals surface area contributed by atoms with Crippen LogP contribution in [0.25, 0.3) is 11.2 Å². The van der Waals surface area contributed by atoms with Crippen LogP contribution in [0.15, 0.2) is 36.5 Å². The second kappa shape index (κ2) is 7.06. The fourth-order valence-corrected chi connectivity index (χ4v) is 3.70. The van der Waals surface area contributed by atoms with E-state index < -0.39 is 11.6 Å². The van der Waals surface area contributed by atoms with E-state index in [4.69, 9.17) is 4.98 Å². The number of aryl methyl sites for hydroxylation is 1. The molecule has 27 heavy (non-hydrogen) atoms. The maximum atomic E-state index is 13.5. The molecule has 1 atom stereocenters. The number of benzene rings is 1. The summed E-state index contributed by atoms with van der Waals surface area (Å²) in [7, 11) is 0. The van der Waals surface area contributed by atoms with Gasteiger partial charge >= 0.3 is 0 Å². The van der Waals surface area contributed by atoms with Crippen LogP contribution in [0.4, 0.5) is 8.78 Å². The minimum absolute atomic E-state index is 0.0972. The highest BCUT2D eigenvalue weighted by Crippen LogP contribution is 2.30. The lowest BCUT2D eigenvalue weighted by Crippen LogP contribution is -2.29. The summed E-state index contributed by atoms with van der Waals surface area (Å²) < 4.78 is 28.7. The minimum atomic E-state index is -1.01. The molecule has 0 spiro atoms. The van der Waals surface area contributed by atoms with Crippen molar-refractivity contribution >= 4 is 17.1 Å². The Labute approximate surface area is 155 Å². The highest BCUT2D eigenvalue weighted by Gasteiger charge is 2.31. The van der Waals surface area contributed by atoms with Crippen LogP contribution in [0.2, 0.25) is 0 Å². The standard InChI is InChI=1S/C20H20F2N4O/c1-2-9-26-18(24-17-4-3-8-23-19(17)26)14-7-10-25(12-14)20(27)13-5-6-15(21)16(22)11-13/h3-6,8,11,14H,2,7,9-10,12H2,1H3/t14-/m0/s1. The molecule has 3 aromatic rings. The van der Waals surface area contributed by atoms with Gasteiger partial charge in [0.1, 0.15) is 11.3 Å². The Balaban J connectivity index is 1.59. The Morgan fingerprint density at radius 3 is 2.89 bits per heavy atom. The van der Waals surface area contributed by atoms with Gasteiger partial charge in [-0.2, -0.15) is 0 Å². The number of hydrogen-bond acceptors (Lipinski definition) is 3. The third kappa shape index (κ3) is 3.18.